The third kappa shape index (κ3) is 8.92. The van der Waals surface area contributed by atoms with E-state index in [9.17, 15) is 9.59 Å². The molecular formula is C38H51ClN10O2S. The zero-order valence-corrected chi connectivity index (χ0v) is 31.6. The lowest BCUT2D eigenvalue weighted by Gasteiger charge is -2.38. The first-order valence-electron chi connectivity index (χ1n) is 18.7. The molecular weight excluding hydrogens is 696 g/mol. The summed E-state index contributed by atoms with van der Waals surface area (Å²) in [5.74, 6) is 1.76. The number of benzene rings is 1. The Morgan fingerprint density at radius 3 is 2.46 bits per heavy atom. The number of hydrogen-bond donors (Lipinski definition) is 4. The van der Waals surface area contributed by atoms with Crippen LogP contribution in [0.15, 0.2) is 52.8 Å². The zero-order valence-electron chi connectivity index (χ0n) is 30.0. The largest absolute Gasteiger partial charge is 0.384 e. The molecule has 4 fully saturated rings. The van der Waals surface area contributed by atoms with E-state index in [4.69, 9.17) is 23.1 Å². The summed E-state index contributed by atoms with van der Waals surface area (Å²) in [6.07, 6.45) is 12.8. The first-order chi connectivity index (χ1) is 25.1. The molecule has 2 amide bonds. The Morgan fingerprint density at radius 1 is 0.981 bits per heavy atom. The van der Waals surface area contributed by atoms with Crippen LogP contribution in [0.1, 0.15) is 69.8 Å². The average Bonchev–Trinajstić information content (AvgIpc) is 3.14. The maximum Gasteiger partial charge on any atom is 0.234 e. The Kier molecular flexibility index (Phi) is 11.4. The molecule has 278 valence electrons. The van der Waals surface area contributed by atoms with Gasteiger partial charge in [0.15, 0.2) is 5.82 Å². The molecule has 12 nitrogen and oxygen atoms in total. The van der Waals surface area contributed by atoms with E-state index >= 15 is 0 Å². The molecule has 1 atom stereocenters. The Morgan fingerprint density at radius 2 is 1.73 bits per heavy atom. The number of aromatic nitrogens is 3. The number of hydrogen-bond acceptors (Lipinski definition) is 12. The van der Waals surface area contributed by atoms with Gasteiger partial charge in [-0.3, -0.25) is 19.9 Å². The van der Waals surface area contributed by atoms with Crippen molar-refractivity contribution in [3.8, 4) is 0 Å². The fourth-order valence-corrected chi connectivity index (χ4v) is 9.00. The van der Waals surface area contributed by atoms with Crippen LogP contribution in [0.4, 0.5) is 23.0 Å². The molecule has 4 aliphatic heterocycles. The van der Waals surface area contributed by atoms with Gasteiger partial charge >= 0.3 is 0 Å². The van der Waals surface area contributed by atoms with Crippen molar-refractivity contribution in [2.45, 2.75) is 79.7 Å². The van der Waals surface area contributed by atoms with E-state index in [0.29, 0.717) is 40.5 Å². The fraction of sp³-hybridized carbons (Fsp3) is 0.553. The number of carbonyl (C=O) groups is 2. The van der Waals surface area contributed by atoms with Gasteiger partial charge in [0.25, 0.3) is 0 Å². The van der Waals surface area contributed by atoms with E-state index < -0.39 is 0 Å². The number of halogens is 1. The van der Waals surface area contributed by atoms with Gasteiger partial charge in [0.2, 0.25) is 11.8 Å². The van der Waals surface area contributed by atoms with Gasteiger partial charge in [-0.25, -0.2) is 9.97 Å². The molecule has 0 aliphatic carbocycles. The number of piperidine rings is 4. The molecule has 0 bridgehead atoms. The average molecular weight is 747 g/mol. The number of nitrogens with zero attached hydrogens (tertiary/aromatic N) is 6. The van der Waals surface area contributed by atoms with Crippen LogP contribution in [0.5, 0.6) is 0 Å². The summed E-state index contributed by atoms with van der Waals surface area (Å²) in [6.45, 7) is 10.0. The Balaban J connectivity index is 0.842. The number of amides is 2. The summed E-state index contributed by atoms with van der Waals surface area (Å²) in [7, 11) is 0. The van der Waals surface area contributed by atoms with Crippen molar-refractivity contribution in [1.29, 1.82) is 0 Å². The third-order valence-electron chi connectivity index (χ3n) is 11.3. The lowest BCUT2D eigenvalue weighted by atomic mass is 9.90. The van der Waals surface area contributed by atoms with Crippen LogP contribution in [0.25, 0.3) is 0 Å². The molecule has 6 N–H and O–H groups in total. The summed E-state index contributed by atoms with van der Waals surface area (Å²) in [4.78, 5) is 45.9. The van der Waals surface area contributed by atoms with Crippen molar-refractivity contribution in [3.05, 3.63) is 53.4 Å². The summed E-state index contributed by atoms with van der Waals surface area (Å²) < 4.78 is 0. The van der Waals surface area contributed by atoms with Crippen molar-refractivity contribution in [2.24, 2.45) is 17.6 Å². The van der Waals surface area contributed by atoms with Crippen LogP contribution >= 0.6 is 23.4 Å². The van der Waals surface area contributed by atoms with E-state index in [-0.39, 0.29) is 23.3 Å². The van der Waals surface area contributed by atoms with Crippen molar-refractivity contribution < 1.29 is 9.59 Å². The number of imide groups is 1. The van der Waals surface area contributed by atoms with Gasteiger partial charge in [-0.1, -0.05) is 29.4 Å². The Hall–Kier alpha value is -3.65. The maximum atomic E-state index is 12.4. The van der Waals surface area contributed by atoms with Gasteiger partial charge in [0, 0.05) is 62.3 Å². The SMILES string of the molecule is CC1(N)CCN(c2cnc(Sc3cccc(NCC4CCN(CC5CCN(c6cncc(C7CCC(=O)NC7=O)c6)CC5)CC4)c3Cl)c(N)n2)CC1. The molecule has 1 aromatic carbocycles. The number of nitrogen functional groups attached to an aromatic ring is 1. The number of pyridine rings is 1. The zero-order chi connectivity index (χ0) is 36.2. The van der Waals surface area contributed by atoms with Gasteiger partial charge in [0.1, 0.15) is 10.8 Å². The summed E-state index contributed by atoms with van der Waals surface area (Å²) in [5, 5.41) is 7.43. The number of likely N-dealkylation sites (tertiary alicyclic amines) is 1. The molecule has 6 heterocycles. The minimum atomic E-state index is -0.305. The predicted octanol–water partition coefficient (Wildman–Crippen LogP) is 5.14. The molecule has 2 aromatic heterocycles. The van der Waals surface area contributed by atoms with Gasteiger partial charge < -0.3 is 31.5 Å². The van der Waals surface area contributed by atoms with Gasteiger partial charge in [-0.15, -0.1) is 0 Å². The molecule has 7 rings (SSSR count). The summed E-state index contributed by atoms with van der Waals surface area (Å²) in [6, 6.07) is 8.14. The molecule has 52 heavy (non-hydrogen) atoms. The lowest BCUT2D eigenvalue weighted by molar-refractivity contribution is -0.134. The summed E-state index contributed by atoms with van der Waals surface area (Å²) >= 11 is 8.36. The normalized spacial score (nSPS) is 22.0. The highest BCUT2D eigenvalue weighted by atomic mass is 35.5. The second kappa shape index (κ2) is 16.2. The minimum absolute atomic E-state index is 0.129. The summed E-state index contributed by atoms with van der Waals surface area (Å²) in [5.41, 5.74) is 15.4. The van der Waals surface area contributed by atoms with Crippen LogP contribution < -0.4 is 31.9 Å². The standard InChI is InChI=1S/C38H51ClN10O2S/c1-38(41)11-17-49(18-12-38)32-23-44-37(35(40)45-32)52-31-4-2-3-30(34(31)39)43-20-25-7-13-47(14-8-25)24-26-9-15-48(16-10-26)28-19-27(21-42-22-28)29-5-6-33(50)46-36(29)51/h2-4,19,21-23,25-26,29,43H,5-18,20,24,41H2,1H3,(H2,40,45)(H,46,50,51). The van der Waals surface area contributed by atoms with Crippen LogP contribution in [0.3, 0.4) is 0 Å². The fourth-order valence-electron chi connectivity index (χ4n) is 7.88. The lowest BCUT2D eigenvalue weighted by Crippen LogP contribution is -2.48. The first-order valence-corrected chi connectivity index (χ1v) is 19.9. The third-order valence-corrected chi connectivity index (χ3v) is 12.9. The Labute approximate surface area is 315 Å². The number of nitrogens with one attached hydrogen (secondary N) is 2. The van der Waals surface area contributed by atoms with Crippen molar-refractivity contribution in [3.63, 3.8) is 0 Å². The first kappa shape index (κ1) is 36.7. The molecule has 14 heteroatoms. The maximum absolute atomic E-state index is 12.4. The molecule has 0 saturated carbocycles. The van der Waals surface area contributed by atoms with E-state index in [0.717, 1.165) is 119 Å². The highest BCUT2D eigenvalue weighted by molar-refractivity contribution is 7.99. The number of rotatable bonds is 10. The van der Waals surface area contributed by atoms with E-state index in [1.165, 1.54) is 11.8 Å². The Bertz CT molecular complexity index is 1730. The second-order valence-electron chi connectivity index (χ2n) is 15.3. The quantitative estimate of drug-likeness (QED) is 0.203. The van der Waals surface area contributed by atoms with Crippen LogP contribution in [0, 0.1) is 11.8 Å². The minimum Gasteiger partial charge on any atom is -0.384 e. The smallest absolute Gasteiger partial charge is 0.234 e. The highest BCUT2D eigenvalue weighted by Crippen LogP contribution is 2.39. The van der Waals surface area contributed by atoms with Crippen LogP contribution in [0.2, 0.25) is 5.02 Å². The number of carbonyl (C=O) groups excluding carboxylic acids is 2. The molecule has 4 saturated heterocycles. The topological polar surface area (TPSA) is 159 Å². The van der Waals surface area contributed by atoms with Crippen molar-refractivity contribution in [1.82, 2.24) is 25.2 Å². The second-order valence-corrected chi connectivity index (χ2v) is 16.7. The predicted molar refractivity (Wildman–Crippen MR) is 208 cm³/mol. The van der Waals surface area contributed by atoms with Crippen molar-refractivity contribution in [2.75, 3.05) is 73.2 Å². The molecule has 4 aliphatic rings. The molecule has 3 aromatic rings. The van der Waals surface area contributed by atoms with Crippen LogP contribution in [-0.2, 0) is 9.59 Å². The van der Waals surface area contributed by atoms with Crippen LogP contribution in [-0.4, -0.2) is 89.6 Å². The van der Waals surface area contributed by atoms with Gasteiger partial charge in [0.05, 0.1) is 34.7 Å². The van der Waals surface area contributed by atoms with Crippen molar-refractivity contribution >= 4 is 58.2 Å². The van der Waals surface area contributed by atoms with E-state index in [1.54, 1.807) is 12.4 Å². The molecule has 1 unspecified atom stereocenters. The van der Waals surface area contributed by atoms with E-state index in [1.807, 2.05) is 24.4 Å². The van der Waals surface area contributed by atoms with Gasteiger partial charge in [-0.05, 0) is 101 Å². The molecule has 0 spiro atoms. The van der Waals surface area contributed by atoms with Gasteiger partial charge in [-0.2, -0.15) is 0 Å². The number of anilines is 4. The van der Waals surface area contributed by atoms with E-state index in [2.05, 4.69) is 53.3 Å². The highest BCUT2D eigenvalue weighted by Gasteiger charge is 2.30. The monoisotopic (exact) mass is 746 g/mol. The molecule has 0 radical (unpaired) electrons. The number of nitrogens with two attached hydrogens (primary N) is 2.